The molecule has 4 saturated heterocycles. The lowest BCUT2D eigenvalue weighted by atomic mass is 9.90. The molecule has 4 heterocycles. The van der Waals surface area contributed by atoms with E-state index in [4.69, 9.17) is 17.3 Å². The number of nitrogens with two attached hydrogens (primary N) is 1. The van der Waals surface area contributed by atoms with E-state index in [0.717, 1.165) is 51.7 Å². The standard InChI is InChI=1S/C20H37ClN8O/c21-13-10-24-19-17(18(22)26-29(19)12-13)20(30)25-15-11-23-5-4-16(15)28-8-6-27(7-9-28)14-2-1-3-14/h13-19,23-24,26H,1-12,22H2,(H,25,30). The molecule has 0 aromatic rings. The summed E-state index contributed by atoms with van der Waals surface area (Å²) in [6, 6.07) is 1.34. The summed E-state index contributed by atoms with van der Waals surface area (Å²) in [4.78, 5) is 18.6. The molecule has 5 rings (SSSR count). The van der Waals surface area contributed by atoms with E-state index in [1.165, 1.54) is 19.3 Å². The summed E-state index contributed by atoms with van der Waals surface area (Å²) in [7, 11) is 0. The highest BCUT2D eigenvalue weighted by molar-refractivity contribution is 6.21. The summed E-state index contributed by atoms with van der Waals surface area (Å²) in [5.41, 5.74) is 9.53. The van der Waals surface area contributed by atoms with Gasteiger partial charge in [0.1, 0.15) is 0 Å². The second kappa shape index (κ2) is 9.15. The van der Waals surface area contributed by atoms with Crippen molar-refractivity contribution >= 4 is 17.5 Å². The molecule has 5 fully saturated rings. The average molecular weight is 441 g/mol. The molecule has 1 saturated carbocycles. The van der Waals surface area contributed by atoms with E-state index in [-0.39, 0.29) is 29.4 Å². The number of piperidine rings is 1. The fourth-order valence-corrected chi connectivity index (χ4v) is 6.11. The number of nitrogens with zero attached hydrogens (tertiary/aromatic N) is 3. The number of nitrogens with one attached hydrogen (secondary N) is 4. The van der Waals surface area contributed by atoms with E-state index >= 15 is 0 Å². The van der Waals surface area contributed by atoms with Crippen molar-refractivity contribution in [3.63, 3.8) is 0 Å². The number of carbonyl (C=O) groups excluding carboxylic acids is 1. The Morgan fingerprint density at radius 2 is 1.83 bits per heavy atom. The van der Waals surface area contributed by atoms with E-state index in [9.17, 15) is 4.79 Å². The number of fused-ring (bicyclic) bond motifs is 1. The first-order chi connectivity index (χ1) is 14.6. The molecule has 9 nitrogen and oxygen atoms in total. The highest BCUT2D eigenvalue weighted by Gasteiger charge is 2.47. The van der Waals surface area contributed by atoms with Gasteiger partial charge in [0.15, 0.2) is 0 Å². The topological polar surface area (TPSA) is 101 Å². The largest absolute Gasteiger partial charge is 0.350 e. The maximum Gasteiger partial charge on any atom is 0.229 e. The molecule has 6 unspecified atom stereocenters. The molecule has 6 N–H and O–H groups in total. The van der Waals surface area contributed by atoms with Crippen LogP contribution in [0.4, 0.5) is 0 Å². The fourth-order valence-electron chi connectivity index (χ4n) is 5.87. The van der Waals surface area contributed by atoms with Gasteiger partial charge < -0.3 is 16.4 Å². The SMILES string of the molecule is NC1NN2CC(Cl)CNC2C1C(=O)NC1CNCCC1N1CCN(C2CCC2)CC1. The number of hydrazine groups is 1. The monoisotopic (exact) mass is 440 g/mol. The van der Waals surface area contributed by atoms with E-state index in [2.05, 4.69) is 31.2 Å². The molecule has 5 aliphatic rings. The number of piperazine rings is 1. The van der Waals surface area contributed by atoms with Gasteiger partial charge in [-0.1, -0.05) is 6.42 Å². The summed E-state index contributed by atoms with van der Waals surface area (Å²) in [5.74, 6) is -0.290. The van der Waals surface area contributed by atoms with Crippen molar-refractivity contribution in [2.75, 3.05) is 52.4 Å². The minimum atomic E-state index is -0.398. The molecule has 0 spiro atoms. The predicted molar refractivity (Wildman–Crippen MR) is 117 cm³/mol. The molecule has 4 aliphatic heterocycles. The zero-order chi connectivity index (χ0) is 20.7. The van der Waals surface area contributed by atoms with Gasteiger partial charge in [-0.3, -0.25) is 19.9 Å². The van der Waals surface area contributed by atoms with Gasteiger partial charge >= 0.3 is 0 Å². The normalized spacial score (nSPS) is 41.9. The van der Waals surface area contributed by atoms with Crippen molar-refractivity contribution in [3.05, 3.63) is 0 Å². The molecular formula is C20H37ClN8O. The van der Waals surface area contributed by atoms with Crippen molar-refractivity contribution in [2.45, 2.75) is 61.5 Å². The van der Waals surface area contributed by atoms with Gasteiger partial charge in [0.2, 0.25) is 5.91 Å². The Bertz CT molecular complexity index is 614. The van der Waals surface area contributed by atoms with Crippen LogP contribution in [-0.2, 0) is 4.79 Å². The molecule has 30 heavy (non-hydrogen) atoms. The van der Waals surface area contributed by atoms with Crippen LogP contribution in [-0.4, -0.2) is 109 Å². The zero-order valence-electron chi connectivity index (χ0n) is 17.7. The number of hydrogen-bond donors (Lipinski definition) is 5. The van der Waals surface area contributed by atoms with Crippen LogP contribution in [0.5, 0.6) is 0 Å². The van der Waals surface area contributed by atoms with Crippen molar-refractivity contribution in [3.8, 4) is 0 Å². The minimum Gasteiger partial charge on any atom is -0.350 e. The van der Waals surface area contributed by atoms with Crippen LogP contribution in [0, 0.1) is 5.92 Å². The summed E-state index contributed by atoms with van der Waals surface area (Å²) >= 11 is 6.26. The lowest BCUT2D eigenvalue weighted by Crippen LogP contribution is -2.65. The Kier molecular flexibility index (Phi) is 6.51. The van der Waals surface area contributed by atoms with E-state index in [1.54, 1.807) is 0 Å². The second-order valence-electron chi connectivity index (χ2n) is 9.62. The molecule has 0 bridgehead atoms. The van der Waals surface area contributed by atoms with Crippen molar-refractivity contribution in [1.82, 2.24) is 36.2 Å². The van der Waals surface area contributed by atoms with E-state index in [1.807, 2.05) is 5.01 Å². The maximum absolute atomic E-state index is 13.3. The number of alkyl halides is 1. The van der Waals surface area contributed by atoms with E-state index < -0.39 is 6.17 Å². The van der Waals surface area contributed by atoms with Crippen molar-refractivity contribution < 1.29 is 4.79 Å². The smallest absolute Gasteiger partial charge is 0.229 e. The van der Waals surface area contributed by atoms with Crippen LogP contribution < -0.4 is 27.1 Å². The number of rotatable bonds is 4. The van der Waals surface area contributed by atoms with Gasteiger partial charge in [-0.05, 0) is 25.8 Å². The van der Waals surface area contributed by atoms with Crippen LogP contribution in [0.25, 0.3) is 0 Å². The van der Waals surface area contributed by atoms with Crippen LogP contribution in [0.15, 0.2) is 0 Å². The Hall–Kier alpha value is -0.520. The zero-order valence-corrected chi connectivity index (χ0v) is 18.5. The molecule has 0 aromatic heterocycles. The Morgan fingerprint density at radius 1 is 1.07 bits per heavy atom. The lowest BCUT2D eigenvalue weighted by molar-refractivity contribution is -0.128. The maximum atomic E-state index is 13.3. The first-order valence-electron chi connectivity index (χ1n) is 11.7. The molecular weight excluding hydrogens is 404 g/mol. The van der Waals surface area contributed by atoms with Gasteiger partial charge in [0.25, 0.3) is 0 Å². The first-order valence-corrected chi connectivity index (χ1v) is 12.2. The molecule has 170 valence electrons. The number of amides is 1. The second-order valence-corrected chi connectivity index (χ2v) is 10.2. The molecule has 6 atom stereocenters. The molecule has 0 aromatic carbocycles. The molecule has 0 radical (unpaired) electrons. The third-order valence-corrected chi connectivity index (χ3v) is 8.10. The molecule has 10 heteroatoms. The van der Waals surface area contributed by atoms with Gasteiger partial charge in [-0.15, -0.1) is 11.6 Å². The van der Waals surface area contributed by atoms with E-state index in [0.29, 0.717) is 19.1 Å². The number of halogens is 1. The minimum absolute atomic E-state index is 0.0216. The summed E-state index contributed by atoms with van der Waals surface area (Å²) in [5, 5.41) is 12.2. The third-order valence-electron chi connectivity index (χ3n) is 7.81. The van der Waals surface area contributed by atoms with Gasteiger partial charge in [0, 0.05) is 57.9 Å². The highest BCUT2D eigenvalue weighted by atomic mass is 35.5. The number of carbonyl (C=O) groups is 1. The quantitative estimate of drug-likeness (QED) is 0.328. The van der Waals surface area contributed by atoms with Gasteiger partial charge in [-0.2, -0.15) is 0 Å². The third kappa shape index (κ3) is 4.23. The molecule has 1 amide bonds. The fraction of sp³-hybridized carbons (Fsp3) is 0.950. The van der Waals surface area contributed by atoms with Crippen LogP contribution in [0.1, 0.15) is 25.7 Å². The molecule has 1 aliphatic carbocycles. The van der Waals surface area contributed by atoms with Crippen molar-refractivity contribution in [1.29, 1.82) is 0 Å². The lowest BCUT2D eigenvalue weighted by Gasteiger charge is -2.47. The summed E-state index contributed by atoms with van der Waals surface area (Å²) in [6.45, 7) is 7.75. The van der Waals surface area contributed by atoms with Crippen LogP contribution in [0.3, 0.4) is 0 Å². The van der Waals surface area contributed by atoms with Crippen LogP contribution in [0.2, 0.25) is 0 Å². The summed E-state index contributed by atoms with van der Waals surface area (Å²) < 4.78 is 0. The Labute approximate surface area is 184 Å². The highest BCUT2D eigenvalue weighted by Crippen LogP contribution is 2.27. The number of hydrogen-bond acceptors (Lipinski definition) is 8. The summed E-state index contributed by atoms with van der Waals surface area (Å²) in [6.07, 6.45) is 4.72. The van der Waals surface area contributed by atoms with Crippen LogP contribution >= 0.6 is 11.6 Å². The van der Waals surface area contributed by atoms with Gasteiger partial charge in [-0.25, -0.2) is 10.4 Å². The Balaban J connectivity index is 1.19. The Morgan fingerprint density at radius 3 is 2.57 bits per heavy atom. The average Bonchev–Trinajstić information content (AvgIpc) is 3.02. The first kappa shape index (κ1) is 21.3. The van der Waals surface area contributed by atoms with Gasteiger partial charge in [0.05, 0.1) is 29.7 Å². The van der Waals surface area contributed by atoms with Crippen molar-refractivity contribution in [2.24, 2.45) is 11.7 Å². The predicted octanol–water partition coefficient (Wildman–Crippen LogP) is -1.74.